The van der Waals surface area contributed by atoms with Crippen LogP contribution < -0.4 is 15.4 Å². The quantitative estimate of drug-likeness (QED) is 0.125. The fourth-order valence-corrected chi connectivity index (χ4v) is 8.73. The molecule has 4 N–H and O–H groups in total. The number of nitrogens with zero attached hydrogens (tertiary/aromatic N) is 4. The van der Waals surface area contributed by atoms with Gasteiger partial charge >= 0.3 is 12.2 Å². The monoisotopic (exact) mass is 790 g/mol. The molecule has 0 aliphatic carbocycles. The summed E-state index contributed by atoms with van der Waals surface area (Å²) in [5, 5.41) is 7.32. The molecule has 5 heterocycles. The molecule has 3 aliphatic heterocycles. The number of benzene rings is 3. The maximum Gasteiger partial charge on any atom is 0.407 e. The van der Waals surface area contributed by atoms with Crippen LogP contribution in [0.15, 0.2) is 48.7 Å². The summed E-state index contributed by atoms with van der Waals surface area (Å²) in [7, 11) is 2.58. The van der Waals surface area contributed by atoms with Gasteiger partial charge in [-0.25, -0.2) is 19.6 Å². The van der Waals surface area contributed by atoms with E-state index in [0.29, 0.717) is 25.5 Å². The summed E-state index contributed by atoms with van der Waals surface area (Å²) in [6, 6.07) is 12.7. The first kappa shape index (κ1) is 38.7. The molecule has 2 fully saturated rings. The Morgan fingerprint density at radius 3 is 2.00 bits per heavy atom. The van der Waals surface area contributed by atoms with Crippen molar-refractivity contribution in [2.24, 2.45) is 11.8 Å². The van der Waals surface area contributed by atoms with Crippen molar-refractivity contribution in [2.45, 2.75) is 84.2 Å². The molecule has 3 aliphatic rings. The van der Waals surface area contributed by atoms with Gasteiger partial charge in [-0.3, -0.25) is 9.59 Å². The van der Waals surface area contributed by atoms with E-state index in [4.69, 9.17) is 24.2 Å². The van der Waals surface area contributed by atoms with E-state index in [1.165, 1.54) is 14.2 Å². The lowest BCUT2D eigenvalue weighted by molar-refractivity contribution is -0.136. The Morgan fingerprint density at radius 2 is 1.38 bits per heavy atom. The highest BCUT2D eigenvalue weighted by Gasteiger charge is 2.39. The number of ether oxygens (including phenoxy) is 3. The Bertz CT molecular complexity index is 2400. The number of likely N-dealkylation sites (tertiary alicyclic amines) is 2. The molecular weight excluding hydrogens is 741 g/mol. The predicted octanol–water partition coefficient (Wildman–Crippen LogP) is 6.75. The summed E-state index contributed by atoms with van der Waals surface area (Å²) in [6.45, 7) is 9.15. The Morgan fingerprint density at radius 1 is 0.776 bits per heavy atom. The van der Waals surface area contributed by atoms with Crippen LogP contribution in [0.5, 0.6) is 5.75 Å². The maximum atomic E-state index is 13.7. The molecule has 0 spiro atoms. The van der Waals surface area contributed by atoms with Crippen molar-refractivity contribution in [2.75, 3.05) is 27.3 Å². The van der Waals surface area contributed by atoms with Crippen LogP contribution in [0.1, 0.15) is 82.7 Å². The molecule has 4 amide bonds. The Hall–Kier alpha value is -6.12. The van der Waals surface area contributed by atoms with Gasteiger partial charge in [0.2, 0.25) is 11.8 Å². The molecule has 2 aromatic heterocycles. The largest absolute Gasteiger partial charge is 0.488 e. The average molecular weight is 791 g/mol. The van der Waals surface area contributed by atoms with Crippen molar-refractivity contribution in [3.8, 4) is 28.1 Å². The van der Waals surface area contributed by atoms with Gasteiger partial charge in [-0.1, -0.05) is 45.9 Å². The molecular formula is C43H50N8O7. The number of hydrogen-bond donors (Lipinski definition) is 4. The first-order chi connectivity index (χ1) is 28.0. The number of aromatic nitrogens is 4. The standard InChI is InChI=1S/C43H50N8O7/c1-22(2)34(48-42(54)56-5)40(52)50-17-7-9-32(50)38-44-20-31(46-38)24-11-12-26-25(19-24)21-58-37-28(26)14-13-27-29(37)15-16-30-36(27)47-39(45-30)33-10-8-18-51(33)41(53)35(23(3)4)49-43(55)57-6/h11-16,19-20,22-23,32-35H,7-10,17-18,21H2,1-6H3,(H,44,46)(H,45,47)(H,48,54)(H,49,55)/t32-,33-,34?,35-/m0/s1. The molecule has 0 bridgehead atoms. The molecule has 304 valence electrons. The fraction of sp³-hybridized carbons (Fsp3) is 0.442. The molecule has 1 unspecified atom stereocenters. The number of amides is 4. The van der Waals surface area contributed by atoms with E-state index in [-0.39, 0.29) is 35.7 Å². The molecule has 0 saturated carbocycles. The molecule has 4 atom stereocenters. The number of carbonyl (C=O) groups is 4. The lowest BCUT2D eigenvalue weighted by Crippen LogP contribution is -2.51. The van der Waals surface area contributed by atoms with Crippen molar-refractivity contribution in [3.63, 3.8) is 0 Å². The van der Waals surface area contributed by atoms with Crippen LogP contribution in [0.25, 0.3) is 44.2 Å². The predicted molar refractivity (Wildman–Crippen MR) is 217 cm³/mol. The summed E-state index contributed by atoms with van der Waals surface area (Å²) in [4.78, 5) is 71.8. The molecule has 15 heteroatoms. The van der Waals surface area contributed by atoms with Crippen molar-refractivity contribution >= 4 is 45.8 Å². The van der Waals surface area contributed by atoms with E-state index in [2.05, 4.69) is 57.0 Å². The Kier molecular flexibility index (Phi) is 10.5. The number of carbonyl (C=O) groups excluding carboxylic acids is 4. The lowest BCUT2D eigenvalue weighted by Gasteiger charge is -2.30. The maximum absolute atomic E-state index is 13.7. The van der Waals surface area contributed by atoms with E-state index in [9.17, 15) is 19.2 Å². The van der Waals surface area contributed by atoms with Crippen molar-refractivity contribution in [1.82, 2.24) is 40.4 Å². The lowest BCUT2D eigenvalue weighted by atomic mass is 9.92. The third-order valence-electron chi connectivity index (χ3n) is 11.8. The van der Waals surface area contributed by atoms with Gasteiger partial charge in [0, 0.05) is 29.4 Å². The van der Waals surface area contributed by atoms with E-state index in [1.807, 2.05) is 49.8 Å². The highest BCUT2D eigenvalue weighted by Crippen LogP contribution is 2.45. The molecule has 15 nitrogen and oxygen atoms in total. The minimum atomic E-state index is -0.708. The summed E-state index contributed by atoms with van der Waals surface area (Å²) >= 11 is 0. The van der Waals surface area contributed by atoms with Gasteiger partial charge in [-0.05, 0) is 78.5 Å². The van der Waals surface area contributed by atoms with Gasteiger partial charge in [-0.15, -0.1) is 0 Å². The third-order valence-corrected chi connectivity index (χ3v) is 11.8. The zero-order valence-corrected chi connectivity index (χ0v) is 33.7. The fourth-order valence-electron chi connectivity index (χ4n) is 8.73. The Labute approximate surface area is 336 Å². The number of hydrogen-bond acceptors (Lipinski definition) is 9. The van der Waals surface area contributed by atoms with Gasteiger partial charge in [0.05, 0.1) is 49.2 Å². The molecule has 5 aromatic rings. The summed E-state index contributed by atoms with van der Waals surface area (Å²) in [6.07, 6.45) is 3.74. The second kappa shape index (κ2) is 15.7. The van der Waals surface area contributed by atoms with Crippen molar-refractivity contribution < 1.29 is 33.4 Å². The number of nitrogens with one attached hydrogen (secondary N) is 4. The molecule has 58 heavy (non-hydrogen) atoms. The van der Waals surface area contributed by atoms with E-state index in [1.54, 1.807) is 0 Å². The number of H-pyrrole nitrogens is 2. The zero-order chi connectivity index (χ0) is 40.8. The SMILES string of the molecule is COC(=O)NC(C(=O)N1CCC[C@H]1c1ncc(-c2ccc3c(c2)COc2c-3ccc3c2ccc2[nH]c([C@@H]4CCCN4C(=O)[C@@H](NC(=O)OC)C(C)C)nc23)[nH]1)C(C)C. The van der Waals surface area contributed by atoms with Crippen LogP contribution in [-0.4, -0.2) is 93.1 Å². The van der Waals surface area contributed by atoms with Crippen molar-refractivity contribution in [1.29, 1.82) is 0 Å². The first-order valence-corrected chi connectivity index (χ1v) is 20.0. The summed E-state index contributed by atoms with van der Waals surface area (Å²) < 4.78 is 16.1. The zero-order valence-electron chi connectivity index (χ0n) is 33.7. The summed E-state index contributed by atoms with van der Waals surface area (Å²) in [5.41, 5.74) is 6.60. The average Bonchev–Trinajstić information content (AvgIpc) is 4.06. The minimum absolute atomic E-state index is 0.116. The van der Waals surface area contributed by atoms with Crippen molar-refractivity contribution in [3.05, 3.63) is 65.9 Å². The number of fused-ring (bicyclic) bond motifs is 7. The second-order valence-electron chi connectivity index (χ2n) is 16.1. The molecule has 3 aromatic carbocycles. The number of methoxy groups -OCH3 is 2. The van der Waals surface area contributed by atoms with Crippen LogP contribution in [0.4, 0.5) is 9.59 Å². The van der Waals surface area contributed by atoms with Gasteiger partial charge in [0.25, 0.3) is 0 Å². The molecule has 2 saturated heterocycles. The normalized spacial score (nSPS) is 18.6. The first-order valence-electron chi connectivity index (χ1n) is 20.0. The van der Waals surface area contributed by atoms with Gasteiger partial charge in [0.15, 0.2) is 0 Å². The van der Waals surface area contributed by atoms with Gasteiger partial charge in [-0.2, -0.15) is 0 Å². The van der Waals surface area contributed by atoms with Crippen LogP contribution in [0.3, 0.4) is 0 Å². The van der Waals surface area contributed by atoms with E-state index >= 15 is 0 Å². The van der Waals surface area contributed by atoms with Crippen LogP contribution >= 0.6 is 0 Å². The number of alkyl carbamates (subject to hydrolysis) is 2. The Balaban J connectivity index is 1.03. The van der Waals surface area contributed by atoms with Crippen LogP contribution in [0.2, 0.25) is 0 Å². The number of aromatic amines is 2. The second-order valence-corrected chi connectivity index (χ2v) is 16.1. The van der Waals surface area contributed by atoms with Gasteiger partial charge in [0.1, 0.15) is 36.1 Å². The summed E-state index contributed by atoms with van der Waals surface area (Å²) in [5.74, 6) is 1.69. The number of imidazole rings is 2. The molecule has 8 rings (SSSR count). The highest BCUT2D eigenvalue weighted by atomic mass is 16.5. The van der Waals surface area contributed by atoms with Crippen LogP contribution in [0, 0.1) is 11.8 Å². The van der Waals surface area contributed by atoms with E-state index < -0.39 is 24.3 Å². The molecule has 0 radical (unpaired) electrons. The highest BCUT2D eigenvalue weighted by molar-refractivity contribution is 6.09. The van der Waals surface area contributed by atoms with Gasteiger partial charge < -0.3 is 44.6 Å². The van der Waals surface area contributed by atoms with Crippen LogP contribution in [-0.2, 0) is 25.7 Å². The topological polar surface area (TPSA) is 184 Å². The smallest absolute Gasteiger partial charge is 0.407 e. The van der Waals surface area contributed by atoms with E-state index in [0.717, 1.165) is 87.0 Å². The number of rotatable bonds is 9. The minimum Gasteiger partial charge on any atom is -0.488 e. The third kappa shape index (κ3) is 6.96.